The first-order chi connectivity index (χ1) is 8.68. The van der Waals surface area contributed by atoms with E-state index in [1.54, 1.807) is 23.7 Å². The van der Waals surface area contributed by atoms with Crippen LogP contribution in [0, 0.1) is 0 Å². The maximum absolute atomic E-state index is 5.67. The molecule has 0 aliphatic heterocycles. The van der Waals surface area contributed by atoms with Gasteiger partial charge < -0.3 is 11.1 Å². The molecule has 3 N–H and O–H groups in total. The van der Waals surface area contributed by atoms with E-state index in [2.05, 4.69) is 22.2 Å². The van der Waals surface area contributed by atoms with E-state index in [0.29, 0.717) is 10.9 Å². The van der Waals surface area contributed by atoms with Crippen molar-refractivity contribution in [3.05, 3.63) is 40.6 Å². The molecular formula is C12H14N4S2. The molecule has 2 heterocycles. The smallest absolute Gasteiger partial charge is 0.106 e. The molecule has 0 aliphatic rings. The zero-order valence-electron chi connectivity index (χ0n) is 9.96. The summed E-state index contributed by atoms with van der Waals surface area (Å²) < 4.78 is 0. The quantitative estimate of drug-likeness (QED) is 0.822. The summed E-state index contributed by atoms with van der Waals surface area (Å²) in [4.78, 5) is 8.75. The number of thiazole rings is 1. The summed E-state index contributed by atoms with van der Waals surface area (Å²) in [7, 11) is 0. The summed E-state index contributed by atoms with van der Waals surface area (Å²) in [6.07, 6.45) is 5.24. The maximum Gasteiger partial charge on any atom is 0.106 e. The van der Waals surface area contributed by atoms with Gasteiger partial charge in [-0.2, -0.15) is 0 Å². The molecule has 0 radical (unpaired) electrons. The minimum absolute atomic E-state index is 0.337. The Balaban J connectivity index is 2.04. The zero-order chi connectivity index (χ0) is 13.0. The molecule has 0 bridgehead atoms. The highest BCUT2D eigenvalue weighted by atomic mass is 32.1. The SMILES string of the molecule is CC(CNc1cnccc1C(N)=S)c1nccs1. The van der Waals surface area contributed by atoms with Crippen molar-refractivity contribution in [2.45, 2.75) is 12.8 Å². The monoisotopic (exact) mass is 278 g/mol. The van der Waals surface area contributed by atoms with Crippen LogP contribution < -0.4 is 11.1 Å². The van der Waals surface area contributed by atoms with Crippen LogP contribution in [0.15, 0.2) is 30.0 Å². The first kappa shape index (κ1) is 12.9. The van der Waals surface area contributed by atoms with E-state index in [1.807, 2.05) is 17.6 Å². The lowest BCUT2D eigenvalue weighted by atomic mass is 10.1. The van der Waals surface area contributed by atoms with Crippen molar-refractivity contribution >= 4 is 34.2 Å². The lowest BCUT2D eigenvalue weighted by Gasteiger charge is -2.13. The van der Waals surface area contributed by atoms with Crippen molar-refractivity contribution in [2.24, 2.45) is 5.73 Å². The number of nitrogens with one attached hydrogen (secondary N) is 1. The van der Waals surface area contributed by atoms with Gasteiger partial charge in [0.05, 0.1) is 16.9 Å². The Morgan fingerprint density at radius 3 is 3.06 bits per heavy atom. The third-order valence-electron chi connectivity index (χ3n) is 2.56. The van der Waals surface area contributed by atoms with Crippen LogP contribution in [-0.2, 0) is 0 Å². The fraction of sp³-hybridized carbons (Fsp3) is 0.250. The predicted octanol–water partition coefficient (Wildman–Crippen LogP) is 2.39. The largest absolute Gasteiger partial charge is 0.389 e. The van der Waals surface area contributed by atoms with Gasteiger partial charge in [0, 0.05) is 35.8 Å². The molecule has 2 aromatic heterocycles. The Labute approximate surface area is 115 Å². The van der Waals surface area contributed by atoms with E-state index in [0.717, 1.165) is 22.8 Å². The highest BCUT2D eigenvalue weighted by Gasteiger charge is 2.10. The van der Waals surface area contributed by atoms with E-state index >= 15 is 0 Å². The molecule has 0 aliphatic carbocycles. The van der Waals surface area contributed by atoms with Crippen molar-refractivity contribution in [1.29, 1.82) is 0 Å². The predicted molar refractivity (Wildman–Crippen MR) is 79.1 cm³/mol. The average Bonchev–Trinajstić information content (AvgIpc) is 2.90. The fourth-order valence-electron chi connectivity index (χ4n) is 1.58. The molecule has 0 amide bonds. The summed E-state index contributed by atoms with van der Waals surface area (Å²) in [5.41, 5.74) is 7.36. The molecule has 6 heteroatoms. The first-order valence-electron chi connectivity index (χ1n) is 5.55. The number of hydrogen-bond acceptors (Lipinski definition) is 5. The Bertz CT molecular complexity index is 525. The molecule has 2 rings (SSSR count). The van der Waals surface area contributed by atoms with Crippen molar-refractivity contribution in [3.8, 4) is 0 Å². The lowest BCUT2D eigenvalue weighted by molar-refractivity contribution is 0.794. The molecule has 18 heavy (non-hydrogen) atoms. The van der Waals surface area contributed by atoms with Gasteiger partial charge in [0.15, 0.2) is 0 Å². The molecule has 4 nitrogen and oxygen atoms in total. The zero-order valence-corrected chi connectivity index (χ0v) is 11.6. The van der Waals surface area contributed by atoms with Crippen LogP contribution in [0.25, 0.3) is 0 Å². The number of aromatic nitrogens is 2. The van der Waals surface area contributed by atoms with Crippen LogP contribution in [0.1, 0.15) is 23.4 Å². The number of hydrogen-bond donors (Lipinski definition) is 2. The van der Waals surface area contributed by atoms with E-state index in [1.165, 1.54) is 0 Å². The van der Waals surface area contributed by atoms with Crippen LogP contribution >= 0.6 is 23.6 Å². The van der Waals surface area contributed by atoms with Gasteiger partial charge in [-0.1, -0.05) is 19.1 Å². The van der Waals surface area contributed by atoms with Gasteiger partial charge in [-0.05, 0) is 6.07 Å². The van der Waals surface area contributed by atoms with E-state index in [-0.39, 0.29) is 0 Å². The fourth-order valence-corrected chi connectivity index (χ4v) is 2.45. The Hall–Kier alpha value is -1.53. The number of nitrogens with two attached hydrogens (primary N) is 1. The minimum Gasteiger partial charge on any atom is -0.389 e. The van der Waals surface area contributed by atoms with Gasteiger partial charge >= 0.3 is 0 Å². The highest BCUT2D eigenvalue weighted by Crippen LogP contribution is 2.19. The molecule has 0 saturated heterocycles. The molecule has 0 aromatic carbocycles. The van der Waals surface area contributed by atoms with Gasteiger partial charge in [0.1, 0.15) is 4.99 Å². The van der Waals surface area contributed by atoms with Gasteiger partial charge in [-0.3, -0.25) is 4.98 Å². The standard InChI is InChI=1S/C12H14N4S2/c1-8(12-15-4-5-18-12)6-16-10-7-14-3-2-9(10)11(13)17/h2-5,7-8,16H,6H2,1H3,(H2,13,17). The van der Waals surface area contributed by atoms with E-state index in [9.17, 15) is 0 Å². The van der Waals surface area contributed by atoms with Crippen LogP contribution in [0.2, 0.25) is 0 Å². The summed E-state index contributed by atoms with van der Waals surface area (Å²) in [5, 5.41) is 6.42. The second kappa shape index (κ2) is 5.88. The Kier molecular flexibility index (Phi) is 4.22. The molecule has 0 spiro atoms. The highest BCUT2D eigenvalue weighted by molar-refractivity contribution is 7.80. The van der Waals surface area contributed by atoms with Gasteiger partial charge in [-0.25, -0.2) is 4.98 Å². The third kappa shape index (κ3) is 3.02. The number of anilines is 1. The molecule has 0 fully saturated rings. The van der Waals surface area contributed by atoms with Crippen LogP contribution in [0.5, 0.6) is 0 Å². The van der Waals surface area contributed by atoms with Crippen LogP contribution in [0.3, 0.4) is 0 Å². The second-order valence-corrected chi connectivity index (χ2v) is 5.30. The Morgan fingerprint density at radius 1 is 1.56 bits per heavy atom. The molecular weight excluding hydrogens is 264 g/mol. The number of nitrogens with zero attached hydrogens (tertiary/aromatic N) is 2. The van der Waals surface area contributed by atoms with Crippen molar-refractivity contribution in [3.63, 3.8) is 0 Å². The molecule has 0 saturated carbocycles. The Morgan fingerprint density at radius 2 is 2.39 bits per heavy atom. The van der Waals surface area contributed by atoms with Crippen molar-refractivity contribution < 1.29 is 0 Å². The number of pyridine rings is 1. The van der Waals surface area contributed by atoms with Gasteiger partial charge in [0.25, 0.3) is 0 Å². The van der Waals surface area contributed by atoms with Crippen molar-refractivity contribution in [1.82, 2.24) is 9.97 Å². The summed E-state index contributed by atoms with van der Waals surface area (Å²) >= 11 is 6.67. The maximum atomic E-state index is 5.67. The van der Waals surface area contributed by atoms with Crippen LogP contribution in [-0.4, -0.2) is 21.5 Å². The summed E-state index contributed by atoms with van der Waals surface area (Å²) in [5.74, 6) is 0.337. The van der Waals surface area contributed by atoms with Gasteiger partial charge in [-0.15, -0.1) is 11.3 Å². The first-order valence-corrected chi connectivity index (χ1v) is 6.84. The topological polar surface area (TPSA) is 63.8 Å². The molecule has 2 aromatic rings. The molecule has 94 valence electrons. The van der Waals surface area contributed by atoms with Crippen molar-refractivity contribution in [2.75, 3.05) is 11.9 Å². The van der Waals surface area contributed by atoms with E-state index in [4.69, 9.17) is 18.0 Å². The lowest BCUT2D eigenvalue weighted by Crippen LogP contribution is -2.16. The van der Waals surface area contributed by atoms with Gasteiger partial charge in [0.2, 0.25) is 0 Å². The molecule has 1 unspecified atom stereocenters. The molecule has 1 atom stereocenters. The summed E-state index contributed by atoms with van der Waals surface area (Å²) in [6.45, 7) is 2.90. The van der Waals surface area contributed by atoms with E-state index < -0.39 is 0 Å². The average molecular weight is 278 g/mol. The summed E-state index contributed by atoms with van der Waals surface area (Å²) in [6, 6.07) is 1.82. The normalized spacial score (nSPS) is 12.1. The van der Waals surface area contributed by atoms with Crippen LogP contribution in [0.4, 0.5) is 5.69 Å². The second-order valence-electron chi connectivity index (χ2n) is 3.94. The number of rotatable bonds is 5. The number of thiocarbonyl (C=S) groups is 1. The minimum atomic E-state index is 0.337. The third-order valence-corrected chi connectivity index (χ3v) is 3.79.